The molecule has 2 rings (SSSR count). The molecule has 116 valence electrons. The average Bonchev–Trinajstić information content (AvgIpc) is 2.71. The van der Waals surface area contributed by atoms with E-state index in [1.807, 2.05) is 23.1 Å². The molecule has 1 fully saturated rings. The molecule has 0 saturated carbocycles. The second kappa shape index (κ2) is 7.31. The van der Waals surface area contributed by atoms with E-state index in [1.165, 1.54) is 0 Å². The zero-order valence-electron chi connectivity index (χ0n) is 12.8. The molecule has 21 heavy (non-hydrogen) atoms. The summed E-state index contributed by atoms with van der Waals surface area (Å²) in [4.78, 5) is 13.9. The molecule has 1 aromatic rings. The van der Waals surface area contributed by atoms with Crippen LogP contribution >= 0.6 is 0 Å². The van der Waals surface area contributed by atoms with Crippen molar-refractivity contribution in [2.45, 2.75) is 31.7 Å². The first kappa shape index (κ1) is 15.6. The van der Waals surface area contributed by atoms with Crippen molar-refractivity contribution in [3.63, 3.8) is 0 Å². The molecule has 5 heteroatoms. The van der Waals surface area contributed by atoms with Crippen LogP contribution in [0.15, 0.2) is 18.2 Å². The normalized spacial score (nSPS) is 17.3. The van der Waals surface area contributed by atoms with Crippen molar-refractivity contribution in [2.24, 2.45) is 5.73 Å². The van der Waals surface area contributed by atoms with Gasteiger partial charge in [0.05, 0.1) is 20.3 Å². The molecule has 5 nitrogen and oxygen atoms in total. The van der Waals surface area contributed by atoms with Gasteiger partial charge in [-0.25, -0.2) is 0 Å². The Kier molecular flexibility index (Phi) is 5.44. The fraction of sp³-hybridized carbons (Fsp3) is 0.562. The van der Waals surface area contributed by atoms with Crippen LogP contribution in [0.4, 0.5) is 0 Å². The fourth-order valence-electron chi connectivity index (χ4n) is 2.69. The molecule has 1 atom stereocenters. The lowest BCUT2D eigenvalue weighted by atomic mass is 10.1. The lowest BCUT2D eigenvalue weighted by molar-refractivity contribution is -0.130. The third kappa shape index (κ3) is 3.88. The van der Waals surface area contributed by atoms with Gasteiger partial charge in [0, 0.05) is 31.1 Å². The van der Waals surface area contributed by atoms with E-state index in [2.05, 4.69) is 0 Å². The highest BCUT2D eigenvalue weighted by atomic mass is 16.5. The van der Waals surface area contributed by atoms with Gasteiger partial charge >= 0.3 is 0 Å². The van der Waals surface area contributed by atoms with Gasteiger partial charge in [0.25, 0.3) is 0 Å². The summed E-state index contributed by atoms with van der Waals surface area (Å²) in [5.74, 6) is 1.63. The summed E-state index contributed by atoms with van der Waals surface area (Å²) >= 11 is 0. The number of hydrogen-bond acceptors (Lipinski definition) is 4. The molecule has 1 heterocycles. The zero-order chi connectivity index (χ0) is 15.2. The lowest BCUT2D eigenvalue weighted by Crippen LogP contribution is -2.36. The molecule has 2 N–H and O–H groups in total. The van der Waals surface area contributed by atoms with Crippen LogP contribution < -0.4 is 15.2 Å². The summed E-state index contributed by atoms with van der Waals surface area (Å²) in [6, 6.07) is 5.33. The van der Waals surface area contributed by atoms with Gasteiger partial charge < -0.3 is 20.1 Å². The second-order valence-corrected chi connectivity index (χ2v) is 5.36. The van der Waals surface area contributed by atoms with Gasteiger partial charge in [0.2, 0.25) is 5.91 Å². The van der Waals surface area contributed by atoms with Crippen LogP contribution in [0.2, 0.25) is 0 Å². The fourth-order valence-corrected chi connectivity index (χ4v) is 2.69. The topological polar surface area (TPSA) is 64.8 Å². The molecule has 0 radical (unpaired) electrons. The average molecular weight is 292 g/mol. The third-order valence-corrected chi connectivity index (χ3v) is 3.93. The summed E-state index contributed by atoms with van der Waals surface area (Å²) in [6.07, 6.45) is 3.78. The molecule has 1 aliphatic heterocycles. The number of likely N-dealkylation sites (tertiary alicyclic amines) is 1. The number of amides is 1. The largest absolute Gasteiger partial charge is 0.497 e. The van der Waals surface area contributed by atoms with E-state index in [0.29, 0.717) is 18.7 Å². The Bertz CT molecular complexity index is 490. The van der Waals surface area contributed by atoms with E-state index in [1.54, 1.807) is 14.2 Å². The molecule has 1 unspecified atom stereocenters. The van der Waals surface area contributed by atoms with Gasteiger partial charge in [-0.05, 0) is 18.9 Å². The van der Waals surface area contributed by atoms with E-state index >= 15 is 0 Å². The summed E-state index contributed by atoms with van der Waals surface area (Å²) in [5, 5.41) is 0. The Balaban J connectivity index is 2.11. The maximum atomic E-state index is 12.1. The van der Waals surface area contributed by atoms with Crippen LogP contribution in [0, 0.1) is 0 Å². The molecular weight excluding hydrogens is 268 g/mol. The number of nitrogens with zero attached hydrogens (tertiary/aromatic N) is 1. The van der Waals surface area contributed by atoms with Crippen LogP contribution in [0.25, 0.3) is 0 Å². The molecular formula is C16H24N2O3. The number of benzene rings is 1. The molecule has 1 aliphatic rings. The van der Waals surface area contributed by atoms with Crippen LogP contribution in [0.5, 0.6) is 11.5 Å². The number of carbonyl (C=O) groups excluding carboxylic acids is 1. The SMILES string of the molecule is COc1ccc(C(N)CN2CCCCCC2=O)c(OC)c1. The van der Waals surface area contributed by atoms with E-state index in [9.17, 15) is 4.79 Å². The Morgan fingerprint density at radius 1 is 1.24 bits per heavy atom. The summed E-state index contributed by atoms with van der Waals surface area (Å²) < 4.78 is 10.6. The van der Waals surface area contributed by atoms with Crippen molar-refractivity contribution in [1.29, 1.82) is 0 Å². The molecule has 0 spiro atoms. The molecule has 1 saturated heterocycles. The van der Waals surface area contributed by atoms with Gasteiger partial charge in [0.1, 0.15) is 11.5 Å². The summed E-state index contributed by atoms with van der Waals surface area (Å²) in [5.41, 5.74) is 7.19. The highest BCUT2D eigenvalue weighted by Gasteiger charge is 2.21. The number of carbonyl (C=O) groups is 1. The van der Waals surface area contributed by atoms with Crippen molar-refractivity contribution in [1.82, 2.24) is 4.90 Å². The van der Waals surface area contributed by atoms with Crippen molar-refractivity contribution in [3.05, 3.63) is 23.8 Å². The van der Waals surface area contributed by atoms with Crippen molar-refractivity contribution >= 4 is 5.91 Å². The third-order valence-electron chi connectivity index (χ3n) is 3.93. The van der Waals surface area contributed by atoms with Gasteiger partial charge in [-0.1, -0.05) is 12.5 Å². The minimum Gasteiger partial charge on any atom is -0.497 e. The second-order valence-electron chi connectivity index (χ2n) is 5.36. The van der Waals surface area contributed by atoms with Crippen LogP contribution in [-0.2, 0) is 4.79 Å². The Hall–Kier alpha value is -1.75. The quantitative estimate of drug-likeness (QED) is 0.902. The van der Waals surface area contributed by atoms with Gasteiger partial charge in [-0.15, -0.1) is 0 Å². The molecule has 0 bridgehead atoms. The monoisotopic (exact) mass is 292 g/mol. The highest BCUT2D eigenvalue weighted by molar-refractivity contribution is 5.76. The first-order chi connectivity index (χ1) is 10.2. The smallest absolute Gasteiger partial charge is 0.222 e. The van der Waals surface area contributed by atoms with Crippen molar-refractivity contribution < 1.29 is 14.3 Å². The van der Waals surface area contributed by atoms with Gasteiger partial charge in [0.15, 0.2) is 0 Å². The van der Waals surface area contributed by atoms with Crippen LogP contribution in [0.1, 0.15) is 37.3 Å². The molecule has 0 aromatic heterocycles. The minimum absolute atomic E-state index is 0.204. The summed E-state index contributed by atoms with van der Waals surface area (Å²) in [7, 11) is 3.23. The van der Waals surface area contributed by atoms with Gasteiger partial charge in [-0.3, -0.25) is 4.79 Å². The minimum atomic E-state index is -0.257. The number of hydrogen-bond donors (Lipinski definition) is 1. The number of rotatable bonds is 5. The molecule has 1 amide bonds. The number of methoxy groups -OCH3 is 2. The Labute approximate surface area is 126 Å². The van der Waals surface area contributed by atoms with Crippen molar-refractivity contribution in [2.75, 3.05) is 27.3 Å². The van der Waals surface area contributed by atoms with Crippen LogP contribution in [-0.4, -0.2) is 38.1 Å². The Morgan fingerprint density at radius 2 is 2.05 bits per heavy atom. The summed E-state index contributed by atoms with van der Waals surface area (Å²) in [6.45, 7) is 1.33. The first-order valence-corrected chi connectivity index (χ1v) is 7.41. The van der Waals surface area contributed by atoms with Crippen LogP contribution in [0.3, 0.4) is 0 Å². The number of nitrogens with two attached hydrogens (primary N) is 1. The highest BCUT2D eigenvalue weighted by Crippen LogP contribution is 2.29. The Morgan fingerprint density at radius 3 is 2.76 bits per heavy atom. The number of ether oxygens (including phenoxy) is 2. The molecule has 1 aromatic carbocycles. The zero-order valence-corrected chi connectivity index (χ0v) is 12.8. The van der Waals surface area contributed by atoms with Crippen molar-refractivity contribution in [3.8, 4) is 11.5 Å². The van der Waals surface area contributed by atoms with E-state index in [-0.39, 0.29) is 11.9 Å². The standard InChI is InChI=1S/C16H24N2O3/c1-20-12-7-8-13(15(10-12)21-2)14(17)11-18-9-5-3-4-6-16(18)19/h7-8,10,14H,3-6,9,11,17H2,1-2H3. The lowest BCUT2D eigenvalue weighted by Gasteiger charge is -2.25. The first-order valence-electron chi connectivity index (χ1n) is 7.41. The van der Waals surface area contributed by atoms with Gasteiger partial charge in [-0.2, -0.15) is 0 Å². The molecule has 0 aliphatic carbocycles. The maximum absolute atomic E-state index is 12.1. The van der Waals surface area contributed by atoms with E-state index < -0.39 is 0 Å². The predicted octanol–water partition coefficient (Wildman–Crippen LogP) is 2.11. The van der Waals surface area contributed by atoms with E-state index in [0.717, 1.165) is 37.1 Å². The predicted molar refractivity (Wildman–Crippen MR) is 81.5 cm³/mol. The van der Waals surface area contributed by atoms with E-state index in [4.69, 9.17) is 15.2 Å². The maximum Gasteiger partial charge on any atom is 0.222 e.